The molecular formula is C16H18N4O. The summed E-state index contributed by atoms with van der Waals surface area (Å²) in [5, 5.41) is 6.05. The fourth-order valence-electron chi connectivity index (χ4n) is 1.95. The van der Waals surface area contributed by atoms with Gasteiger partial charge in [-0.05, 0) is 49.9 Å². The van der Waals surface area contributed by atoms with Gasteiger partial charge in [-0.1, -0.05) is 6.07 Å². The highest BCUT2D eigenvalue weighted by Crippen LogP contribution is 2.22. The van der Waals surface area contributed by atoms with E-state index in [-0.39, 0.29) is 5.91 Å². The summed E-state index contributed by atoms with van der Waals surface area (Å²) in [6.45, 7) is 4.06. The number of carbonyl (C=O) groups excluding carboxylic acids is 1. The summed E-state index contributed by atoms with van der Waals surface area (Å²) in [5.41, 5.74) is 3.58. The number of hydrogen-bond donors (Lipinski definition) is 2. The summed E-state index contributed by atoms with van der Waals surface area (Å²) < 4.78 is 0. The summed E-state index contributed by atoms with van der Waals surface area (Å²) >= 11 is 0. The molecular weight excluding hydrogens is 264 g/mol. The van der Waals surface area contributed by atoms with Gasteiger partial charge >= 0.3 is 0 Å². The topological polar surface area (TPSA) is 66.9 Å². The molecule has 21 heavy (non-hydrogen) atoms. The first-order chi connectivity index (χ1) is 10.1. The molecule has 1 aliphatic rings. The quantitative estimate of drug-likeness (QED) is 0.904. The van der Waals surface area contributed by atoms with E-state index >= 15 is 0 Å². The fourth-order valence-corrected chi connectivity index (χ4v) is 1.95. The zero-order chi connectivity index (χ0) is 14.8. The van der Waals surface area contributed by atoms with Crippen molar-refractivity contribution in [2.24, 2.45) is 0 Å². The molecule has 1 aromatic carbocycles. The van der Waals surface area contributed by atoms with Gasteiger partial charge in [-0.2, -0.15) is 0 Å². The Morgan fingerprint density at radius 2 is 1.86 bits per heavy atom. The average molecular weight is 282 g/mol. The number of aryl methyl sites for hydroxylation is 2. The molecule has 3 rings (SSSR count). The van der Waals surface area contributed by atoms with Crippen molar-refractivity contribution < 1.29 is 4.79 Å². The highest BCUT2D eigenvalue weighted by atomic mass is 16.1. The van der Waals surface area contributed by atoms with E-state index in [1.807, 2.05) is 32.0 Å². The van der Waals surface area contributed by atoms with E-state index in [1.165, 1.54) is 18.4 Å². The van der Waals surface area contributed by atoms with E-state index in [9.17, 15) is 4.79 Å². The van der Waals surface area contributed by atoms with Crippen molar-refractivity contribution >= 4 is 17.5 Å². The lowest BCUT2D eigenvalue weighted by Gasteiger charge is -2.08. The maximum absolute atomic E-state index is 12.1. The van der Waals surface area contributed by atoms with Gasteiger partial charge in [0, 0.05) is 24.1 Å². The van der Waals surface area contributed by atoms with Crippen LogP contribution in [-0.4, -0.2) is 21.9 Å². The SMILES string of the molecule is Cc1ccc(NC(=O)c2cnc(NC3CC3)nc2)cc1C. The first-order valence-corrected chi connectivity index (χ1v) is 7.09. The summed E-state index contributed by atoms with van der Waals surface area (Å²) in [5.74, 6) is 0.386. The lowest BCUT2D eigenvalue weighted by molar-refractivity contribution is 0.102. The van der Waals surface area contributed by atoms with Crippen molar-refractivity contribution in [3.05, 3.63) is 47.3 Å². The Kier molecular flexibility index (Phi) is 3.56. The van der Waals surface area contributed by atoms with Gasteiger partial charge in [-0.15, -0.1) is 0 Å². The van der Waals surface area contributed by atoms with Crippen molar-refractivity contribution in [2.75, 3.05) is 10.6 Å². The Hall–Kier alpha value is -2.43. The molecule has 2 aromatic rings. The largest absolute Gasteiger partial charge is 0.351 e. The third-order valence-electron chi connectivity index (χ3n) is 3.59. The fraction of sp³-hybridized carbons (Fsp3) is 0.312. The molecule has 5 heteroatoms. The zero-order valence-electron chi connectivity index (χ0n) is 12.2. The second-order valence-electron chi connectivity index (χ2n) is 5.47. The minimum Gasteiger partial charge on any atom is -0.351 e. The first kappa shape index (κ1) is 13.5. The number of nitrogens with one attached hydrogen (secondary N) is 2. The van der Waals surface area contributed by atoms with Gasteiger partial charge in [-0.3, -0.25) is 4.79 Å². The number of hydrogen-bond acceptors (Lipinski definition) is 4. The van der Waals surface area contributed by atoms with E-state index in [0.717, 1.165) is 11.3 Å². The smallest absolute Gasteiger partial charge is 0.258 e. The van der Waals surface area contributed by atoms with Crippen LogP contribution in [0.15, 0.2) is 30.6 Å². The molecule has 1 amide bonds. The lowest BCUT2D eigenvalue weighted by Crippen LogP contribution is -2.14. The molecule has 2 N–H and O–H groups in total. The van der Waals surface area contributed by atoms with E-state index in [1.54, 1.807) is 12.4 Å². The molecule has 108 valence electrons. The van der Waals surface area contributed by atoms with Gasteiger partial charge in [0.1, 0.15) is 0 Å². The van der Waals surface area contributed by atoms with Gasteiger partial charge in [-0.25, -0.2) is 9.97 Å². The van der Waals surface area contributed by atoms with Gasteiger partial charge in [0.15, 0.2) is 0 Å². The molecule has 0 atom stereocenters. The third-order valence-corrected chi connectivity index (χ3v) is 3.59. The summed E-state index contributed by atoms with van der Waals surface area (Å²) in [7, 11) is 0. The molecule has 0 bridgehead atoms. The molecule has 1 fully saturated rings. The van der Waals surface area contributed by atoms with Gasteiger partial charge in [0.05, 0.1) is 5.56 Å². The van der Waals surface area contributed by atoms with Crippen LogP contribution >= 0.6 is 0 Å². The standard InChI is InChI=1S/C16H18N4O/c1-10-3-4-14(7-11(10)2)19-15(21)12-8-17-16(18-9-12)20-13-5-6-13/h3-4,7-9,13H,5-6H2,1-2H3,(H,19,21)(H,17,18,20). The highest BCUT2D eigenvalue weighted by molar-refractivity contribution is 6.03. The van der Waals surface area contributed by atoms with Crippen molar-refractivity contribution in [1.29, 1.82) is 0 Å². The normalized spacial score (nSPS) is 13.8. The first-order valence-electron chi connectivity index (χ1n) is 7.09. The molecule has 0 aliphatic heterocycles. The van der Waals surface area contributed by atoms with Crippen LogP contribution in [-0.2, 0) is 0 Å². The number of benzene rings is 1. The molecule has 1 heterocycles. The Balaban J connectivity index is 1.67. The molecule has 1 aromatic heterocycles. The predicted molar refractivity (Wildman–Crippen MR) is 82.5 cm³/mol. The van der Waals surface area contributed by atoms with Crippen LogP contribution in [0, 0.1) is 13.8 Å². The van der Waals surface area contributed by atoms with Gasteiger partial charge in [0.25, 0.3) is 5.91 Å². The Morgan fingerprint density at radius 1 is 1.14 bits per heavy atom. The maximum atomic E-state index is 12.1. The van der Waals surface area contributed by atoms with Crippen molar-refractivity contribution in [2.45, 2.75) is 32.7 Å². The number of nitrogens with zero attached hydrogens (tertiary/aromatic N) is 2. The van der Waals surface area contributed by atoms with Crippen LogP contribution in [0.2, 0.25) is 0 Å². The van der Waals surface area contributed by atoms with E-state index < -0.39 is 0 Å². The average Bonchev–Trinajstić information content (AvgIpc) is 3.28. The highest BCUT2D eigenvalue weighted by Gasteiger charge is 2.21. The number of anilines is 2. The predicted octanol–water partition coefficient (Wildman–Crippen LogP) is 2.92. The van der Waals surface area contributed by atoms with Crippen LogP contribution in [0.3, 0.4) is 0 Å². The van der Waals surface area contributed by atoms with Crippen LogP contribution in [0.1, 0.15) is 34.3 Å². The summed E-state index contributed by atoms with van der Waals surface area (Å²) in [6, 6.07) is 6.34. The minimum atomic E-state index is -0.198. The Labute approximate surface area is 123 Å². The van der Waals surface area contributed by atoms with Crippen molar-refractivity contribution in [3.63, 3.8) is 0 Å². The van der Waals surface area contributed by atoms with Crippen LogP contribution in [0.5, 0.6) is 0 Å². The molecule has 0 unspecified atom stereocenters. The van der Waals surface area contributed by atoms with E-state index in [4.69, 9.17) is 0 Å². The third kappa shape index (κ3) is 3.37. The van der Waals surface area contributed by atoms with E-state index in [0.29, 0.717) is 17.6 Å². The van der Waals surface area contributed by atoms with Gasteiger partial charge < -0.3 is 10.6 Å². The summed E-state index contributed by atoms with van der Waals surface area (Å²) in [6.07, 6.45) is 5.43. The van der Waals surface area contributed by atoms with E-state index in [2.05, 4.69) is 20.6 Å². The Bertz CT molecular complexity index is 662. The lowest BCUT2D eigenvalue weighted by atomic mass is 10.1. The molecule has 0 radical (unpaired) electrons. The van der Waals surface area contributed by atoms with Crippen LogP contribution in [0.4, 0.5) is 11.6 Å². The second-order valence-corrected chi connectivity index (χ2v) is 5.47. The summed E-state index contributed by atoms with van der Waals surface area (Å²) in [4.78, 5) is 20.5. The Morgan fingerprint density at radius 3 is 2.48 bits per heavy atom. The van der Waals surface area contributed by atoms with Crippen LogP contribution < -0.4 is 10.6 Å². The number of carbonyl (C=O) groups is 1. The molecule has 0 spiro atoms. The van der Waals surface area contributed by atoms with Crippen molar-refractivity contribution in [3.8, 4) is 0 Å². The molecule has 5 nitrogen and oxygen atoms in total. The molecule has 0 saturated heterocycles. The minimum absolute atomic E-state index is 0.198. The number of aromatic nitrogens is 2. The zero-order valence-corrected chi connectivity index (χ0v) is 12.2. The van der Waals surface area contributed by atoms with Gasteiger partial charge in [0.2, 0.25) is 5.95 Å². The number of rotatable bonds is 4. The van der Waals surface area contributed by atoms with Crippen molar-refractivity contribution in [1.82, 2.24) is 9.97 Å². The maximum Gasteiger partial charge on any atom is 0.258 e. The monoisotopic (exact) mass is 282 g/mol. The number of amides is 1. The molecule has 1 saturated carbocycles. The van der Waals surface area contributed by atoms with Crippen LogP contribution in [0.25, 0.3) is 0 Å². The molecule has 1 aliphatic carbocycles. The second kappa shape index (κ2) is 5.52.